The number of nitrogens with zero attached hydrogens (tertiary/aromatic N) is 2. The van der Waals surface area contributed by atoms with Crippen molar-refractivity contribution in [1.29, 1.82) is 0 Å². The average molecular weight is 601 g/mol. The largest absolute Gasteiger partial charge is 0.481 e. The van der Waals surface area contributed by atoms with E-state index >= 15 is 0 Å². The molecule has 10 nitrogen and oxygen atoms in total. The van der Waals surface area contributed by atoms with E-state index < -0.39 is 39.3 Å². The van der Waals surface area contributed by atoms with Gasteiger partial charge in [0.2, 0.25) is 0 Å². The molecular formula is C27H22F2N4O6S2. The molecule has 41 heavy (non-hydrogen) atoms. The molecular weight excluding hydrogens is 578 g/mol. The maximum absolute atomic E-state index is 14.8. The van der Waals surface area contributed by atoms with Gasteiger partial charge in [0.25, 0.3) is 5.91 Å². The highest BCUT2D eigenvalue weighted by Crippen LogP contribution is 2.36. The molecule has 0 aliphatic carbocycles. The van der Waals surface area contributed by atoms with Crippen LogP contribution in [-0.2, 0) is 14.5 Å². The first-order valence-electron chi connectivity index (χ1n) is 12.2. The van der Waals surface area contributed by atoms with Crippen LogP contribution >= 0.6 is 11.3 Å². The van der Waals surface area contributed by atoms with Gasteiger partial charge in [-0.3, -0.25) is 14.6 Å². The number of rotatable bonds is 7. The Labute approximate surface area is 236 Å². The van der Waals surface area contributed by atoms with Gasteiger partial charge in [0.15, 0.2) is 0 Å². The van der Waals surface area contributed by atoms with Crippen LogP contribution in [0.3, 0.4) is 0 Å². The quantitative estimate of drug-likeness (QED) is 0.235. The monoisotopic (exact) mass is 600 g/mol. The van der Waals surface area contributed by atoms with Crippen molar-refractivity contribution in [2.45, 2.75) is 13.3 Å². The Hall–Kier alpha value is -4.43. The predicted molar refractivity (Wildman–Crippen MR) is 150 cm³/mol. The number of halogens is 2. The highest BCUT2D eigenvalue weighted by atomic mass is 32.2. The Morgan fingerprint density at radius 3 is 2.56 bits per heavy atom. The normalized spacial score (nSPS) is 17.9. The number of urea groups is 1. The lowest BCUT2D eigenvalue weighted by molar-refractivity contribution is -0.137. The van der Waals surface area contributed by atoms with E-state index in [9.17, 15) is 27.4 Å². The number of pyridine rings is 1. The van der Waals surface area contributed by atoms with Crippen LogP contribution in [0, 0.1) is 24.5 Å². The van der Waals surface area contributed by atoms with Gasteiger partial charge in [0.05, 0.1) is 36.2 Å². The van der Waals surface area contributed by atoms with Gasteiger partial charge < -0.3 is 20.5 Å². The maximum atomic E-state index is 14.8. The van der Waals surface area contributed by atoms with E-state index in [0.717, 1.165) is 23.0 Å². The fourth-order valence-electron chi connectivity index (χ4n) is 4.22. The second kappa shape index (κ2) is 11.2. The van der Waals surface area contributed by atoms with E-state index in [1.807, 2.05) is 0 Å². The molecule has 0 spiro atoms. The van der Waals surface area contributed by atoms with Crippen LogP contribution in [0.15, 0.2) is 59.1 Å². The molecule has 0 atom stereocenters. The molecule has 1 aliphatic heterocycles. The number of carboxylic acids is 1. The number of ether oxygens (including phenoxy) is 1. The van der Waals surface area contributed by atoms with E-state index in [4.69, 9.17) is 9.84 Å². The lowest BCUT2D eigenvalue weighted by Gasteiger charge is -2.27. The number of fused-ring (bicyclic) bond motifs is 1. The van der Waals surface area contributed by atoms with E-state index in [0.29, 0.717) is 10.2 Å². The fraction of sp³-hybridized carbons (Fsp3) is 0.185. The number of hydrogen-bond donors (Lipinski definition) is 3. The lowest BCUT2D eigenvalue weighted by atomic mass is 10.1. The van der Waals surface area contributed by atoms with Gasteiger partial charge in [-0.25, -0.2) is 17.8 Å². The second-order valence-corrected chi connectivity index (χ2v) is 12.9. The van der Waals surface area contributed by atoms with Crippen molar-refractivity contribution in [3.8, 4) is 11.5 Å². The zero-order valence-electron chi connectivity index (χ0n) is 21.4. The number of thiophene rings is 1. The third-order valence-corrected chi connectivity index (χ3v) is 9.69. The van der Waals surface area contributed by atoms with Crippen LogP contribution in [0.25, 0.3) is 10.2 Å². The number of nitrogens with one attached hydrogen (secondary N) is 2. The minimum Gasteiger partial charge on any atom is -0.481 e. The first-order chi connectivity index (χ1) is 19.5. The first kappa shape index (κ1) is 28.1. The van der Waals surface area contributed by atoms with E-state index in [2.05, 4.69) is 20.0 Å². The van der Waals surface area contributed by atoms with Crippen molar-refractivity contribution in [2.24, 2.45) is 10.3 Å². The Morgan fingerprint density at radius 2 is 1.83 bits per heavy atom. The summed E-state index contributed by atoms with van der Waals surface area (Å²) in [5.74, 6) is -2.90. The molecule has 0 bridgehead atoms. The molecule has 2 aromatic heterocycles. The summed E-state index contributed by atoms with van der Waals surface area (Å²) in [6, 6.07) is 10.1. The number of aryl methyl sites for hydroxylation is 1. The maximum Gasteiger partial charge on any atom is 0.323 e. The topological polar surface area (TPSA) is 147 Å². The molecule has 1 fully saturated rings. The average Bonchev–Trinajstić information content (AvgIpc) is 3.32. The van der Waals surface area contributed by atoms with Crippen LogP contribution < -0.4 is 15.4 Å². The summed E-state index contributed by atoms with van der Waals surface area (Å²) in [6.07, 6.45) is 1.33. The number of amides is 3. The SMILES string of the molecule is Cc1ccc(F)c(NC(=O)Nc2ccc(Oc3ccnc4cc(C(=O)N=S5(=O)CC(CC(=O)O)C5)sc34)cc2F)c1. The van der Waals surface area contributed by atoms with Gasteiger partial charge in [-0.2, -0.15) is 4.36 Å². The molecule has 0 saturated carbocycles. The first-order valence-corrected chi connectivity index (χ1v) is 14.8. The smallest absolute Gasteiger partial charge is 0.323 e. The molecule has 0 radical (unpaired) electrons. The zero-order chi connectivity index (χ0) is 29.3. The molecule has 5 rings (SSSR count). The highest BCUT2D eigenvalue weighted by Gasteiger charge is 2.34. The number of carbonyl (C=O) groups excluding carboxylic acids is 2. The minimum absolute atomic E-state index is 0.0481. The van der Waals surface area contributed by atoms with Crippen LogP contribution in [-0.4, -0.2) is 43.7 Å². The van der Waals surface area contributed by atoms with Crippen LogP contribution in [0.1, 0.15) is 21.7 Å². The molecule has 3 heterocycles. The Bertz CT molecular complexity index is 1820. The highest BCUT2D eigenvalue weighted by molar-refractivity contribution is 7.95. The van der Waals surface area contributed by atoms with Crippen molar-refractivity contribution >= 4 is 60.6 Å². The number of anilines is 2. The van der Waals surface area contributed by atoms with Crippen molar-refractivity contribution in [2.75, 3.05) is 22.1 Å². The van der Waals surface area contributed by atoms with E-state index in [1.54, 1.807) is 13.0 Å². The Morgan fingerprint density at radius 1 is 1.07 bits per heavy atom. The number of aliphatic carboxylic acids is 1. The van der Waals surface area contributed by atoms with Gasteiger partial charge in [-0.05, 0) is 48.7 Å². The second-order valence-electron chi connectivity index (χ2n) is 9.41. The summed E-state index contributed by atoms with van der Waals surface area (Å²) in [5, 5.41) is 13.5. The third kappa shape index (κ3) is 6.49. The Balaban J connectivity index is 1.28. The summed E-state index contributed by atoms with van der Waals surface area (Å²) in [5.41, 5.74) is 0.936. The van der Waals surface area contributed by atoms with Crippen LogP contribution in [0.2, 0.25) is 0 Å². The fourth-order valence-corrected chi connectivity index (χ4v) is 7.39. The third-order valence-electron chi connectivity index (χ3n) is 6.08. The molecule has 0 unspecified atom stereocenters. The molecule has 3 N–H and O–H groups in total. The minimum atomic E-state index is -2.79. The van der Waals surface area contributed by atoms with Crippen molar-refractivity contribution in [3.05, 3.63) is 76.8 Å². The number of carbonyl (C=O) groups is 3. The Kier molecular flexibility index (Phi) is 7.69. The molecule has 1 aliphatic rings. The van der Waals surface area contributed by atoms with E-state index in [-0.39, 0.29) is 51.6 Å². The molecule has 2 aromatic carbocycles. The van der Waals surface area contributed by atoms with Gasteiger partial charge >= 0.3 is 12.0 Å². The zero-order valence-corrected chi connectivity index (χ0v) is 23.0. The number of aromatic nitrogens is 1. The summed E-state index contributed by atoms with van der Waals surface area (Å²) >= 11 is 1.02. The van der Waals surface area contributed by atoms with Gasteiger partial charge in [-0.15, -0.1) is 11.3 Å². The predicted octanol–water partition coefficient (Wildman–Crippen LogP) is 6.03. The molecule has 14 heteroatoms. The molecule has 212 valence electrons. The number of hydrogen-bond acceptors (Lipinski definition) is 7. The van der Waals surface area contributed by atoms with Gasteiger partial charge in [0.1, 0.15) is 23.1 Å². The number of benzene rings is 2. The molecule has 1 saturated heterocycles. The lowest BCUT2D eigenvalue weighted by Crippen LogP contribution is -2.38. The summed E-state index contributed by atoms with van der Waals surface area (Å²) < 4.78 is 51.6. The van der Waals surface area contributed by atoms with Crippen molar-refractivity contribution < 1.29 is 37.2 Å². The van der Waals surface area contributed by atoms with E-state index in [1.165, 1.54) is 42.6 Å². The molecule has 4 aromatic rings. The van der Waals surface area contributed by atoms with Crippen LogP contribution in [0.4, 0.5) is 25.0 Å². The standard InChI is InChI=1S/C27H22F2N4O6S2/c1-14-2-4-17(28)20(8-14)32-27(37)31-19-5-3-16(10-18(19)29)39-22-6-7-30-21-11-23(40-25(21)22)26(36)33-41(38)12-15(13-41)9-24(34)35/h2-8,10-11,15H,9,12-13H2,1H3,(H,34,35)(H2,31,32,37). The summed E-state index contributed by atoms with van der Waals surface area (Å²) in [4.78, 5) is 40.2. The summed E-state index contributed by atoms with van der Waals surface area (Å²) in [6.45, 7) is 1.74. The van der Waals surface area contributed by atoms with Crippen molar-refractivity contribution in [1.82, 2.24) is 4.98 Å². The van der Waals surface area contributed by atoms with Crippen LogP contribution in [0.5, 0.6) is 11.5 Å². The van der Waals surface area contributed by atoms with Gasteiger partial charge in [0, 0.05) is 36.3 Å². The van der Waals surface area contributed by atoms with Gasteiger partial charge in [-0.1, -0.05) is 6.07 Å². The summed E-state index contributed by atoms with van der Waals surface area (Å²) in [7, 11) is -2.79. The molecule has 3 amide bonds. The number of carboxylic acid groups (broad SMARTS) is 1. The van der Waals surface area contributed by atoms with Crippen molar-refractivity contribution in [3.63, 3.8) is 0 Å².